The fourth-order valence-electron chi connectivity index (χ4n) is 3.92. The number of ether oxygens (including phenoxy) is 2. The highest BCUT2D eigenvalue weighted by Crippen LogP contribution is 2.28. The first-order valence-electron chi connectivity index (χ1n) is 10.6. The number of pyridine rings is 1. The molecular formula is C22H24FN5O5S. The van der Waals surface area contributed by atoms with Crippen LogP contribution in [-0.4, -0.2) is 84.6 Å². The van der Waals surface area contributed by atoms with E-state index in [4.69, 9.17) is 14.6 Å². The highest BCUT2D eigenvalue weighted by atomic mass is 32.1. The van der Waals surface area contributed by atoms with Crippen LogP contribution >= 0.6 is 12.2 Å². The summed E-state index contributed by atoms with van der Waals surface area (Å²) in [7, 11) is 1.51. The second-order valence-corrected chi connectivity index (χ2v) is 8.19. The molecule has 2 amide bonds. The van der Waals surface area contributed by atoms with Crippen LogP contribution in [0.3, 0.4) is 0 Å². The number of cyclic esters (lactones) is 1. The number of hydrogen-bond donors (Lipinski definition) is 2. The molecule has 0 radical (unpaired) electrons. The summed E-state index contributed by atoms with van der Waals surface area (Å²) in [4.78, 5) is 33.9. The second kappa shape index (κ2) is 10.1. The molecule has 2 aliphatic heterocycles. The zero-order valence-electron chi connectivity index (χ0n) is 18.4. The lowest BCUT2D eigenvalue weighted by Crippen LogP contribution is -2.49. The van der Waals surface area contributed by atoms with Gasteiger partial charge in [0.25, 0.3) is 11.1 Å². The van der Waals surface area contributed by atoms with Gasteiger partial charge in [-0.3, -0.25) is 9.69 Å². The normalized spacial score (nSPS) is 18.0. The third-order valence-corrected chi connectivity index (χ3v) is 5.84. The van der Waals surface area contributed by atoms with Crippen molar-refractivity contribution in [2.24, 2.45) is 0 Å². The number of carbonyl (C=O) groups is 2. The van der Waals surface area contributed by atoms with Crippen LogP contribution in [0.25, 0.3) is 0 Å². The maximum absolute atomic E-state index is 15.0. The maximum Gasteiger partial charge on any atom is 0.414 e. The first kappa shape index (κ1) is 23.5. The number of halogens is 1. The van der Waals surface area contributed by atoms with Gasteiger partial charge in [0.15, 0.2) is 0 Å². The molecule has 1 atom stereocenters. The molecule has 180 valence electrons. The van der Waals surface area contributed by atoms with Gasteiger partial charge in [0.2, 0.25) is 5.88 Å². The van der Waals surface area contributed by atoms with Gasteiger partial charge in [0.05, 0.1) is 37.1 Å². The van der Waals surface area contributed by atoms with Gasteiger partial charge in [-0.15, -0.1) is 0 Å². The molecule has 3 heterocycles. The number of nitrogens with zero attached hydrogens (tertiary/aromatic N) is 4. The molecular weight excluding hydrogens is 465 g/mol. The molecule has 0 aliphatic carbocycles. The number of methoxy groups -OCH3 is 1. The molecule has 4 rings (SSSR count). The van der Waals surface area contributed by atoms with Crippen molar-refractivity contribution in [2.75, 3.05) is 56.2 Å². The average Bonchev–Trinajstić information content (AvgIpc) is 3.23. The Bertz CT molecular complexity index is 1080. The number of piperazine rings is 1. The monoisotopic (exact) mass is 489 g/mol. The molecule has 10 nitrogen and oxygen atoms in total. The van der Waals surface area contributed by atoms with Crippen LogP contribution in [0.1, 0.15) is 10.4 Å². The minimum absolute atomic E-state index is 0.135. The predicted octanol–water partition coefficient (Wildman–Crippen LogP) is 1.95. The Kier molecular flexibility index (Phi) is 6.96. The number of benzene rings is 1. The Labute approximate surface area is 200 Å². The Morgan fingerprint density at radius 1 is 1.29 bits per heavy atom. The van der Waals surface area contributed by atoms with Gasteiger partial charge >= 0.3 is 6.09 Å². The van der Waals surface area contributed by atoms with Crippen molar-refractivity contribution in [1.29, 1.82) is 0 Å². The third-order valence-electron chi connectivity index (χ3n) is 5.70. The minimum atomic E-state index is -0.594. The zero-order valence-corrected chi connectivity index (χ0v) is 19.3. The summed E-state index contributed by atoms with van der Waals surface area (Å²) in [6.45, 7) is 2.16. The fraction of sp³-hybridized carbons (Fsp3) is 0.364. The van der Waals surface area contributed by atoms with Gasteiger partial charge < -0.3 is 29.7 Å². The first-order valence-corrected chi connectivity index (χ1v) is 11.1. The molecule has 34 heavy (non-hydrogen) atoms. The SMILES string of the molecule is COc1ccc(C(=O)N2CCN(c3ccc(N4C[C@H](CNC(O)=S)OC4=O)cc3F)CC2)cn1. The van der Waals surface area contributed by atoms with Crippen molar-refractivity contribution in [3.8, 4) is 5.88 Å². The summed E-state index contributed by atoms with van der Waals surface area (Å²) in [5, 5.41) is 11.2. The summed E-state index contributed by atoms with van der Waals surface area (Å²) in [5.74, 6) is -0.171. The van der Waals surface area contributed by atoms with Crippen LogP contribution in [-0.2, 0) is 4.74 Å². The third kappa shape index (κ3) is 5.11. The molecule has 2 fully saturated rings. The molecule has 2 aliphatic rings. The molecule has 12 heteroatoms. The molecule has 0 saturated carbocycles. The number of amides is 2. The van der Waals surface area contributed by atoms with Gasteiger partial charge in [-0.2, -0.15) is 0 Å². The number of hydrogen-bond acceptors (Lipinski definition) is 7. The molecule has 2 saturated heterocycles. The summed E-state index contributed by atoms with van der Waals surface area (Å²) >= 11 is 4.54. The molecule has 1 aromatic carbocycles. The molecule has 0 spiro atoms. The summed E-state index contributed by atoms with van der Waals surface area (Å²) < 4.78 is 25.2. The summed E-state index contributed by atoms with van der Waals surface area (Å²) in [6.07, 6.45) is 0.364. The highest BCUT2D eigenvalue weighted by molar-refractivity contribution is 7.79. The second-order valence-electron chi connectivity index (χ2n) is 7.81. The summed E-state index contributed by atoms with van der Waals surface area (Å²) in [6, 6.07) is 7.88. The van der Waals surface area contributed by atoms with E-state index in [0.29, 0.717) is 49.0 Å². The topological polar surface area (TPSA) is 107 Å². The van der Waals surface area contributed by atoms with Crippen LogP contribution < -0.4 is 19.9 Å². The number of carbonyl (C=O) groups excluding carboxylic acids is 2. The Morgan fingerprint density at radius 2 is 2.06 bits per heavy atom. The van der Waals surface area contributed by atoms with E-state index < -0.39 is 18.0 Å². The minimum Gasteiger partial charge on any atom is -0.487 e. The number of aliphatic hydroxyl groups excluding tert-OH is 1. The van der Waals surface area contributed by atoms with Crippen molar-refractivity contribution < 1.29 is 28.6 Å². The van der Waals surface area contributed by atoms with Crippen molar-refractivity contribution in [2.45, 2.75) is 6.10 Å². The van der Waals surface area contributed by atoms with E-state index in [-0.39, 0.29) is 24.2 Å². The van der Waals surface area contributed by atoms with Crippen molar-refractivity contribution in [3.63, 3.8) is 0 Å². The largest absolute Gasteiger partial charge is 0.487 e. The van der Waals surface area contributed by atoms with E-state index in [1.807, 2.05) is 4.90 Å². The van der Waals surface area contributed by atoms with E-state index in [2.05, 4.69) is 22.5 Å². The Balaban J connectivity index is 1.36. The molecule has 0 unspecified atom stereocenters. The van der Waals surface area contributed by atoms with Gasteiger partial charge in [0.1, 0.15) is 11.9 Å². The number of rotatable bonds is 6. The van der Waals surface area contributed by atoms with E-state index in [0.717, 1.165) is 0 Å². The van der Waals surface area contributed by atoms with E-state index >= 15 is 0 Å². The molecule has 2 N–H and O–H groups in total. The van der Waals surface area contributed by atoms with Gasteiger partial charge in [0, 0.05) is 38.4 Å². The Hall–Kier alpha value is -3.67. The standard InChI is InChI=1S/C22H24FN5O5S/c1-32-19-5-2-14(11-24-19)20(29)27-8-6-26(7-9-27)18-4-3-15(10-17(18)23)28-13-16(33-22(28)31)12-25-21(30)34/h2-5,10-11,16H,6-9,12-13H2,1H3,(H2,25,30,34)/t16-/m0/s1. The zero-order chi connectivity index (χ0) is 24.2. The molecule has 1 aromatic heterocycles. The van der Waals surface area contributed by atoms with E-state index in [1.165, 1.54) is 24.3 Å². The smallest absolute Gasteiger partial charge is 0.414 e. The fourth-order valence-corrected chi connectivity index (χ4v) is 4.00. The number of aliphatic hydroxyl groups is 1. The molecule has 2 aromatic rings. The van der Waals surface area contributed by atoms with Crippen LogP contribution in [0.2, 0.25) is 0 Å². The van der Waals surface area contributed by atoms with Crippen LogP contribution in [0.5, 0.6) is 5.88 Å². The summed E-state index contributed by atoms with van der Waals surface area (Å²) in [5.41, 5.74) is 1.25. The van der Waals surface area contributed by atoms with E-state index in [1.54, 1.807) is 29.2 Å². The van der Waals surface area contributed by atoms with Crippen molar-refractivity contribution in [1.82, 2.24) is 15.2 Å². The van der Waals surface area contributed by atoms with Gasteiger partial charge in [-0.05, 0) is 36.5 Å². The highest BCUT2D eigenvalue weighted by Gasteiger charge is 2.33. The number of thiocarbonyl (C=S) groups is 1. The number of nitrogens with one attached hydrogen (secondary N) is 1. The Morgan fingerprint density at radius 3 is 2.68 bits per heavy atom. The lowest BCUT2D eigenvalue weighted by molar-refractivity contribution is 0.0746. The van der Waals surface area contributed by atoms with E-state index in [9.17, 15) is 14.0 Å². The first-order chi connectivity index (χ1) is 16.4. The van der Waals surface area contributed by atoms with Crippen molar-refractivity contribution >= 4 is 40.8 Å². The van der Waals surface area contributed by atoms with Crippen LogP contribution in [0.15, 0.2) is 36.5 Å². The lowest BCUT2D eigenvalue weighted by Gasteiger charge is -2.36. The van der Waals surface area contributed by atoms with Crippen molar-refractivity contribution in [3.05, 3.63) is 47.9 Å². The number of anilines is 2. The van der Waals surface area contributed by atoms with Gasteiger partial charge in [-0.25, -0.2) is 14.2 Å². The lowest BCUT2D eigenvalue weighted by atomic mass is 10.2. The quantitative estimate of drug-likeness (QED) is 0.589. The average molecular weight is 490 g/mol. The number of aromatic nitrogens is 1. The maximum atomic E-state index is 15.0. The predicted molar refractivity (Wildman–Crippen MR) is 126 cm³/mol. The van der Waals surface area contributed by atoms with Gasteiger partial charge in [-0.1, -0.05) is 0 Å². The van der Waals surface area contributed by atoms with Crippen LogP contribution in [0.4, 0.5) is 20.6 Å². The molecule has 0 bridgehead atoms. The van der Waals surface area contributed by atoms with Crippen LogP contribution in [0, 0.1) is 5.82 Å².